The fourth-order valence-corrected chi connectivity index (χ4v) is 1.68. The van der Waals surface area contributed by atoms with Crippen LogP contribution in [0.3, 0.4) is 0 Å². The Morgan fingerprint density at radius 3 is 2.37 bits per heavy atom. The number of rotatable bonds is 5. The Bertz CT molecular complexity index is 459. The highest BCUT2D eigenvalue weighted by Gasteiger charge is 2.34. The first-order chi connectivity index (χ1) is 8.92. The molecule has 0 amide bonds. The Balaban J connectivity index is 2.97. The van der Waals surface area contributed by atoms with Gasteiger partial charge in [0.1, 0.15) is 5.75 Å². The van der Waals surface area contributed by atoms with Gasteiger partial charge in [-0.2, -0.15) is 18.4 Å². The van der Waals surface area contributed by atoms with E-state index in [0.717, 1.165) is 18.9 Å². The molecule has 0 unspecified atom stereocenters. The molecular formula is C14H16F3NO. The number of alkyl halides is 3. The lowest BCUT2D eigenvalue weighted by Gasteiger charge is -2.17. The first kappa shape index (κ1) is 15.4. The van der Waals surface area contributed by atoms with E-state index in [1.807, 2.05) is 13.8 Å². The van der Waals surface area contributed by atoms with Gasteiger partial charge < -0.3 is 4.74 Å². The van der Waals surface area contributed by atoms with Crippen LogP contribution in [0.4, 0.5) is 13.2 Å². The van der Waals surface area contributed by atoms with Crippen LogP contribution in [0.1, 0.15) is 37.8 Å². The Hall–Kier alpha value is -1.70. The summed E-state index contributed by atoms with van der Waals surface area (Å²) in [5.74, 6) is 0.0233. The molecule has 1 aromatic rings. The summed E-state index contributed by atoms with van der Waals surface area (Å²) in [4.78, 5) is 0. The maximum Gasteiger partial charge on any atom is 0.420 e. The summed E-state index contributed by atoms with van der Waals surface area (Å²) in [6.07, 6.45) is -2.81. The van der Waals surface area contributed by atoms with Gasteiger partial charge in [-0.25, -0.2) is 0 Å². The van der Waals surface area contributed by atoms with E-state index >= 15 is 0 Å². The van der Waals surface area contributed by atoms with Crippen molar-refractivity contribution in [2.24, 2.45) is 5.92 Å². The van der Waals surface area contributed by atoms with Gasteiger partial charge >= 0.3 is 6.18 Å². The van der Waals surface area contributed by atoms with Crippen molar-refractivity contribution in [1.82, 2.24) is 0 Å². The monoisotopic (exact) mass is 271 g/mol. The fourth-order valence-electron chi connectivity index (χ4n) is 1.68. The number of hydrogen-bond acceptors (Lipinski definition) is 2. The average molecular weight is 271 g/mol. The van der Waals surface area contributed by atoms with Crippen LogP contribution in [-0.4, -0.2) is 6.61 Å². The molecule has 0 fully saturated rings. The third-order valence-corrected chi connectivity index (χ3v) is 3.04. The molecule has 0 heterocycles. The van der Waals surface area contributed by atoms with Crippen molar-refractivity contribution >= 4 is 0 Å². The van der Waals surface area contributed by atoms with E-state index in [2.05, 4.69) is 0 Å². The van der Waals surface area contributed by atoms with E-state index in [9.17, 15) is 13.2 Å². The highest BCUT2D eigenvalue weighted by atomic mass is 19.4. The van der Waals surface area contributed by atoms with Crippen LogP contribution in [0, 0.1) is 17.2 Å². The molecule has 2 nitrogen and oxygen atoms in total. The van der Waals surface area contributed by atoms with Gasteiger partial charge in [0.15, 0.2) is 0 Å². The fraction of sp³-hybridized carbons (Fsp3) is 0.500. The van der Waals surface area contributed by atoms with E-state index in [1.54, 1.807) is 6.07 Å². The van der Waals surface area contributed by atoms with Gasteiger partial charge in [-0.05, 0) is 24.1 Å². The molecule has 5 heteroatoms. The van der Waals surface area contributed by atoms with Crippen molar-refractivity contribution in [2.45, 2.75) is 32.9 Å². The quantitative estimate of drug-likeness (QED) is 0.795. The molecule has 0 aliphatic rings. The third-order valence-electron chi connectivity index (χ3n) is 3.04. The van der Waals surface area contributed by atoms with Crippen molar-refractivity contribution < 1.29 is 17.9 Å². The van der Waals surface area contributed by atoms with E-state index in [4.69, 9.17) is 10.00 Å². The van der Waals surface area contributed by atoms with Gasteiger partial charge in [-0.15, -0.1) is 0 Å². The molecule has 0 spiro atoms. The van der Waals surface area contributed by atoms with Crippen LogP contribution in [0.15, 0.2) is 18.2 Å². The van der Waals surface area contributed by atoms with Crippen LogP contribution in [0.2, 0.25) is 0 Å². The predicted octanol–water partition coefficient (Wildman–Crippen LogP) is 4.39. The van der Waals surface area contributed by atoms with Crippen LogP contribution in [0.25, 0.3) is 0 Å². The molecule has 0 aromatic heterocycles. The number of halogens is 3. The summed E-state index contributed by atoms with van der Waals surface area (Å²) in [6, 6.07) is 5.06. The second-order valence-electron chi connectivity index (χ2n) is 4.31. The third kappa shape index (κ3) is 4.16. The summed E-state index contributed by atoms with van der Waals surface area (Å²) in [7, 11) is 0. The minimum Gasteiger partial charge on any atom is -0.493 e. The molecule has 0 N–H and O–H groups in total. The van der Waals surface area contributed by atoms with Crippen molar-refractivity contribution in [2.75, 3.05) is 6.61 Å². The lowest BCUT2D eigenvalue weighted by molar-refractivity contribution is -0.139. The van der Waals surface area contributed by atoms with Crippen molar-refractivity contribution in [3.05, 3.63) is 29.3 Å². The predicted molar refractivity (Wildman–Crippen MR) is 65.7 cm³/mol. The lowest BCUT2D eigenvalue weighted by Crippen LogP contribution is -2.14. The van der Waals surface area contributed by atoms with Crippen LogP contribution in [0.5, 0.6) is 5.75 Å². The normalized spacial score (nSPS) is 11.4. The minimum atomic E-state index is -4.52. The van der Waals surface area contributed by atoms with Crippen molar-refractivity contribution in [3.8, 4) is 11.8 Å². The van der Waals surface area contributed by atoms with E-state index in [0.29, 0.717) is 0 Å². The number of hydrogen-bond donors (Lipinski definition) is 0. The maximum atomic E-state index is 12.9. The average Bonchev–Trinajstić information content (AvgIpc) is 2.39. The van der Waals surface area contributed by atoms with Gasteiger partial charge in [-0.3, -0.25) is 0 Å². The maximum absolute atomic E-state index is 12.9. The van der Waals surface area contributed by atoms with Crippen molar-refractivity contribution in [1.29, 1.82) is 5.26 Å². The molecule has 0 aliphatic heterocycles. The number of nitriles is 1. The molecule has 0 saturated heterocycles. The second kappa shape index (κ2) is 6.46. The van der Waals surface area contributed by atoms with Crippen LogP contribution < -0.4 is 4.74 Å². The summed E-state index contributed by atoms with van der Waals surface area (Å²) in [5.41, 5.74) is -0.917. The summed E-state index contributed by atoms with van der Waals surface area (Å²) in [6.45, 7) is 4.20. The molecule has 1 rings (SSSR count). The molecule has 0 radical (unpaired) electrons. The summed E-state index contributed by atoms with van der Waals surface area (Å²) >= 11 is 0. The second-order valence-corrected chi connectivity index (χ2v) is 4.31. The number of nitrogens with zero attached hydrogens (tertiary/aromatic N) is 1. The summed E-state index contributed by atoms with van der Waals surface area (Å²) < 4.78 is 43.9. The Morgan fingerprint density at radius 2 is 1.89 bits per heavy atom. The minimum absolute atomic E-state index is 0.0257. The Morgan fingerprint density at radius 1 is 1.26 bits per heavy atom. The molecule has 104 valence electrons. The summed E-state index contributed by atoms with van der Waals surface area (Å²) in [5, 5.41) is 8.65. The van der Waals surface area contributed by atoms with Gasteiger partial charge in [0.2, 0.25) is 0 Å². The zero-order valence-corrected chi connectivity index (χ0v) is 10.9. The Labute approximate surface area is 110 Å². The molecular weight excluding hydrogens is 255 g/mol. The lowest BCUT2D eigenvalue weighted by atomic mass is 10.1. The van der Waals surface area contributed by atoms with E-state index < -0.39 is 11.7 Å². The first-order valence-electron chi connectivity index (χ1n) is 6.16. The molecule has 0 bridgehead atoms. The highest BCUT2D eigenvalue weighted by Crippen LogP contribution is 2.37. The smallest absolute Gasteiger partial charge is 0.420 e. The zero-order chi connectivity index (χ0) is 14.5. The largest absolute Gasteiger partial charge is 0.493 e. The molecule has 0 saturated carbocycles. The molecule has 0 atom stereocenters. The van der Waals surface area contributed by atoms with Gasteiger partial charge in [-0.1, -0.05) is 26.7 Å². The zero-order valence-electron chi connectivity index (χ0n) is 10.9. The standard InChI is InChI=1S/C14H16F3NO/c1-3-10(4-2)9-19-13-6-5-11(8-18)7-12(13)14(15,16)17/h5-7,10H,3-4,9H2,1-2H3. The van der Waals surface area contributed by atoms with Gasteiger partial charge in [0.25, 0.3) is 0 Å². The number of benzene rings is 1. The number of ether oxygens (including phenoxy) is 1. The molecule has 1 aromatic carbocycles. The SMILES string of the molecule is CCC(CC)COc1ccc(C#N)cc1C(F)(F)F. The van der Waals surface area contributed by atoms with Crippen LogP contribution in [-0.2, 0) is 6.18 Å². The molecule has 0 aliphatic carbocycles. The highest BCUT2D eigenvalue weighted by molar-refractivity contribution is 5.43. The first-order valence-corrected chi connectivity index (χ1v) is 6.16. The van der Waals surface area contributed by atoms with Gasteiger partial charge in [0.05, 0.1) is 23.8 Å². The van der Waals surface area contributed by atoms with Gasteiger partial charge in [0, 0.05) is 0 Å². The Kier molecular flexibility index (Phi) is 5.22. The van der Waals surface area contributed by atoms with Crippen molar-refractivity contribution in [3.63, 3.8) is 0 Å². The molecule has 19 heavy (non-hydrogen) atoms. The topological polar surface area (TPSA) is 33.0 Å². The van der Waals surface area contributed by atoms with E-state index in [1.165, 1.54) is 12.1 Å². The van der Waals surface area contributed by atoms with E-state index in [-0.39, 0.29) is 23.8 Å². The van der Waals surface area contributed by atoms with Crippen LogP contribution >= 0.6 is 0 Å².